The molecule has 6 heteroatoms. The summed E-state index contributed by atoms with van der Waals surface area (Å²) in [6, 6.07) is 0. The monoisotopic (exact) mass is 226 g/mol. The van der Waals surface area contributed by atoms with Crippen LogP contribution in [-0.4, -0.2) is 39.4 Å². The van der Waals surface area contributed by atoms with Gasteiger partial charge in [-0.1, -0.05) is 6.92 Å². The van der Waals surface area contributed by atoms with Crippen molar-refractivity contribution in [1.29, 1.82) is 0 Å². The van der Waals surface area contributed by atoms with Gasteiger partial charge in [0.25, 0.3) is 0 Å². The van der Waals surface area contributed by atoms with Crippen molar-refractivity contribution in [3.05, 3.63) is 12.7 Å². The van der Waals surface area contributed by atoms with Crippen molar-refractivity contribution in [1.82, 2.24) is 20.1 Å². The minimum Gasteiger partial charge on any atom is -0.465 e. The molecule has 0 aliphatic carbocycles. The molecule has 0 aliphatic heterocycles. The maximum atomic E-state index is 11.8. The van der Waals surface area contributed by atoms with Crippen LogP contribution in [0.1, 0.15) is 20.8 Å². The lowest BCUT2D eigenvalue weighted by atomic mass is 10.0. The Morgan fingerprint density at radius 1 is 1.56 bits per heavy atom. The van der Waals surface area contributed by atoms with Gasteiger partial charge in [-0.05, 0) is 20.4 Å². The highest BCUT2D eigenvalue weighted by molar-refractivity contribution is 5.80. The maximum absolute atomic E-state index is 11.8. The highest BCUT2D eigenvalue weighted by Crippen LogP contribution is 2.09. The van der Waals surface area contributed by atoms with Gasteiger partial charge in [0.15, 0.2) is 0 Å². The van der Waals surface area contributed by atoms with Gasteiger partial charge in [-0.2, -0.15) is 5.10 Å². The summed E-state index contributed by atoms with van der Waals surface area (Å²) in [6.45, 7) is 7.00. The quantitative estimate of drug-likeness (QED) is 0.702. The number of nitrogens with one attached hydrogen (secondary N) is 1. The van der Waals surface area contributed by atoms with Crippen molar-refractivity contribution >= 4 is 5.97 Å². The van der Waals surface area contributed by atoms with Gasteiger partial charge >= 0.3 is 5.97 Å². The summed E-state index contributed by atoms with van der Waals surface area (Å²) >= 11 is 0. The number of hydrogen-bond donors (Lipinski definition) is 1. The van der Waals surface area contributed by atoms with Gasteiger partial charge in [0.2, 0.25) is 0 Å². The molecule has 6 nitrogen and oxygen atoms in total. The first kappa shape index (κ1) is 12.6. The molecule has 0 aromatic carbocycles. The predicted octanol–water partition coefficient (Wildman–Crippen LogP) is 0.209. The minimum atomic E-state index is -0.765. The summed E-state index contributed by atoms with van der Waals surface area (Å²) in [7, 11) is 0. The molecule has 1 aromatic rings. The van der Waals surface area contributed by atoms with Crippen LogP contribution in [0, 0.1) is 0 Å². The Morgan fingerprint density at radius 2 is 2.31 bits per heavy atom. The Balaban J connectivity index is 2.75. The lowest BCUT2D eigenvalue weighted by Crippen LogP contribution is -2.53. The number of likely N-dealkylation sites (N-methyl/N-ethyl adjacent to an activating group) is 1. The SMILES string of the molecule is CCNC(C)(Cn1cncn1)C(=O)OCC. The molecule has 1 unspecified atom stereocenters. The fourth-order valence-corrected chi connectivity index (χ4v) is 1.51. The summed E-state index contributed by atoms with van der Waals surface area (Å²) in [6.07, 6.45) is 3.02. The highest BCUT2D eigenvalue weighted by atomic mass is 16.5. The standard InChI is InChI=1S/C10H18N4O2/c1-4-12-10(3,9(15)16-5-2)6-14-8-11-7-13-14/h7-8,12H,4-6H2,1-3H3. The Morgan fingerprint density at radius 3 is 2.81 bits per heavy atom. The van der Waals surface area contributed by atoms with Crippen LogP contribution in [0.5, 0.6) is 0 Å². The molecule has 0 aliphatic rings. The molecule has 0 radical (unpaired) electrons. The minimum absolute atomic E-state index is 0.271. The molecular formula is C10H18N4O2. The average Bonchev–Trinajstić information content (AvgIpc) is 2.71. The van der Waals surface area contributed by atoms with E-state index in [2.05, 4.69) is 15.4 Å². The second-order valence-corrected chi connectivity index (χ2v) is 3.68. The number of ether oxygens (including phenoxy) is 1. The van der Waals surface area contributed by atoms with Crippen LogP contribution in [0.15, 0.2) is 12.7 Å². The molecule has 1 heterocycles. The smallest absolute Gasteiger partial charge is 0.327 e. The van der Waals surface area contributed by atoms with Gasteiger partial charge in [0, 0.05) is 0 Å². The van der Waals surface area contributed by atoms with Crippen LogP contribution < -0.4 is 5.32 Å². The molecule has 1 rings (SSSR count). The maximum Gasteiger partial charge on any atom is 0.327 e. The van der Waals surface area contributed by atoms with E-state index in [1.807, 2.05) is 6.92 Å². The number of hydrogen-bond acceptors (Lipinski definition) is 5. The zero-order valence-electron chi connectivity index (χ0n) is 9.93. The van der Waals surface area contributed by atoms with Crippen molar-refractivity contribution in [2.45, 2.75) is 32.9 Å². The molecule has 90 valence electrons. The van der Waals surface area contributed by atoms with E-state index in [1.165, 1.54) is 6.33 Å². The van der Waals surface area contributed by atoms with Gasteiger partial charge in [-0.25, -0.2) is 9.78 Å². The fourth-order valence-electron chi connectivity index (χ4n) is 1.51. The van der Waals surface area contributed by atoms with Crippen LogP contribution in [0.3, 0.4) is 0 Å². The molecule has 0 fully saturated rings. The highest BCUT2D eigenvalue weighted by Gasteiger charge is 2.34. The van der Waals surface area contributed by atoms with E-state index in [9.17, 15) is 4.79 Å². The zero-order chi connectivity index (χ0) is 12.0. The van der Waals surface area contributed by atoms with Crippen LogP contribution in [0.2, 0.25) is 0 Å². The number of aromatic nitrogens is 3. The summed E-state index contributed by atoms with van der Waals surface area (Å²) < 4.78 is 6.66. The predicted molar refractivity (Wildman–Crippen MR) is 58.7 cm³/mol. The van der Waals surface area contributed by atoms with E-state index in [0.29, 0.717) is 19.7 Å². The number of carbonyl (C=O) groups excluding carboxylic acids is 1. The van der Waals surface area contributed by atoms with Crippen LogP contribution in [0.4, 0.5) is 0 Å². The normalized spacial score (nSPS) is 14.4. The van der Waals surface area contributed by atoms with Crippen LogP contribution in [-0.2, 0) is 16.1 Å². The molecule has 0 spiro atoms. The van der Waals surface area contributed by atoms with E-state index >= 15 is 0 Å². The first-order chi connectivity index (χ1) is 7.62. The summed E-state index contributed by atoms with van der Waals surface area (Å²) in [5, 5.41) is 7.10. The lowest BCUT2D eigenvalue weighted by molar-refractivity contribution is -0.151. The molecule has 0 saturated carbocycles. The Kier molecular flexibility index (Phi) is 4.42. The van der Waals surface area contributed by atoms with Crippen molar-refractivity contribution in [3.63, 3.8) is 0 Å². The molecule has 1 N–H and O–H groups in total. The fraction of sp³-hybridized carbons (Fsp3) is 0.700. The third-order valence-corrected chi connectivity index (χ3v) is 2.24. The van der Waals surface area contributed by atoms with E-state index < -0.39 is 5.54 Å². The van der Waals surface area contributed by atoms with Crippen molar-refractivity contribution in [3.8, 4) is 0 Å². The molecule has 0 saturated heterocycles. The van der Waals surface area contributed by atoms with Crippen molar-refractivity contribution in [2.75, 3.05) is 13.2 Å². The third-order valence-electron chi connectivity index (χ3n) is 2.24. The van der Waals surface area contributed by atoms with Gasteiger partial charge in [-0.15, -0.1) is 0 Å². The number of nitrogens with zero attached hydrogens (tertiary/aromatic N) is 3. The molecule has 16 heavy (non-hydrogen) atoms. The van der Waals surface area contributed by atoms with Crippen molar-refractivity contribution in [2.24, 2.45) is 0 Å². The largest absolute Gasteiger partial charge is 0.465 e. The van der Waals surface area contributed by atoms with Gasteiger partial charge in [0.05, 0.1) is 13.2 Å². The van der Waals surface area contributed by atoms with E-state index in [-0.39, 0.29) is 5.97 Å². The van der Waals surface area contributed by atoms with Crippen LogP contribution >= 0.6 is 0 Å². The third kappa shape index (κ3) is 3.03. The van der Waals surface area contributed by atoms with Gasteiger partial charge in [0.1, 0.15) is 18.2 Å². The lowest BCUT2D eigenvalue weighted by Gasteiger charge is -2.27. The number of esters is 1. The first-order valence-corrected chi connectivity index (χ1v) is 5.37. The summed E-state index contributed by atoms with van der Waals surface area (Å²) in [5.41, 5.74) is -0.765. The second-order valence-electron chi connectivity index (χ2n) is 3.68. The number of rotatable bonds is 6. The first-order valence-electron chi connectivity index (χ1n) is 5.37. The van der Waals surface area contributed by atoms with E-state index in [0.717, 1.165) is 0 Å². The molecule has 1 atom stereocenters. The van der Waals surface area contributed by atoms with Gasteiger partial charge < -0.3 is 10.1 Å². The summed E-state index contributed by atoms with van der Waals surface area (Å²) in [4.78, 5) is 15.7. The van der Waals surface area contributed by atoms with E-state index in [4.69, 9.17) is 4.74 Å². The van der Waals surface area contributed by atoms with Gasteiger partial charge in [-0.3, -0.25) is 4.68 Å². The molecular weight excluding hydrogens is 208 g/mol. The number of carbonyl (C=O) groups is 1. The average molecular weight is 226 g/mol. The Bertz CT molecular complexity index is 326. The second kappa shape index (κ2) is 5.60. The Hall–Kier alpha value is -1.43. The summed E-state index contributed by atoms with van der Waals surface area (Å²) in [5.74, 6) is -0.271. The molecule has 0 bridgehead atoms. The zero-order valence-corrected chi connectivity index (χ0v) is 9.93. The topological polar surface area (TPSA) is 69.0 Å². The van der Waals surface area contributed by atoms with E-state index in [1.54, 1.807) is 24.9 Å². The molecule has 0 amide bonds. The Labute approximate surface area is 95.0 Å². The molecule has 1 aromatic heterocycles. The van der Waals surface area contributed by atoms with Crippen LogP contribution in [0.25, 0.3) is 0 Å². The van der Waals surface area contributed by atoms with Crippen molar-refractivity contribution < 1.29 is 9.53 Å².